The Morgan fingerprint density at radius 1 is 1.07 bits per heavy atom. The van der Waals surface area contributed by atoms with Gasteiger partial charge in [0.1, 0.15) is 4.71 Å². The van der Waals surface area contributed by atoms with E-state index in [0.29, 0.717) is 0 Å². The second-order valence-corrected chi connectivity index (χ2v) is 13.1. The molecule has 0 aromatic carbocycles. The monoisotopic (exact) mass is 380 g/mol. The van der Waals surface area contributed by atoms with Crippen molar-refractivity contribution < 1.29 is 4.79 Å². The van der Waals surface area contributed by atoms with Crippen molar-refractivity contribution in [1.82, 2.24) is 0 Å². The third-order valence-electron chi connectivity index (χ3n) is 1.57. The number of thioether (sulfide) groups is 4. The molecule has 15 heavy (non-hydrogen) atoms. The predicted molar refractivity (Wildman–Crippen MR) is 77.0 cm³/mol. The normalized spacial score (nSPS) is 49.1. The van der Waals surface area contributed by atoms with Gasteiger partial charge in [0.25, 0.3) is 4.45 Å². The molecule has 3 atom stereocenters. The SMILES string of the molecule is O=C1S[C@@]2(Cl)SC(Cl)(Cl)[C@@H](Cl)S[C@@]2(Cl)S1. The molecule has 0 bridgehead atoms. The fourth-order valence-electron chi connectivity index (χ4n) is 0.956. The number of carbonyl (C=O) groups is 1. The zero-order valence-corrected chi connectivity index (χ0v) is 13.6. The summed E-state index contributed by atoms with van der Waals surface area (Å²) >= 11 is 34.5. The molecule has 0 aromatic rings. The summed E-state index contributed by atoms with van der Waals surface area (Å²) < 4.78 is -4.16. The van der Waals surface area contributed by atoms with Crippen LogP contribution in [0.15, 0.2) is 0 Å². The first kappa shape index (κ1) is 13.9. The van der Waals surface area contributed by atoms with Gasteiger partial charge in [-0.15, -0.1) is 23.4 Å². The Bertz CT molecular complexity index is 327. The van der Waals surface area contributed by atoms with Gasteiger partial charge in [0.15, 0.2) is 10.7 Å². The zero-order chi connectivity index (χ0) is 11.5. The van der Waals surface area contributed by atoms with E-state index in [4.69, 9.17) is 58.0 Å². The lowest BCUT2D eigenvalue weighted by Gasteiger charge is -2.44. The summed E-state index contributed by atoms with van der Waals surface area (Å²) in [5.41, 5.74) is 0. The third-order valence-corrected chi connectivity index (χ3v) is 11.7. The standard InChI is InChI=1S/C5HCl5OS4/c6-1-3(7,8)15-5(10)4(9,12-1)13-2(11)14-5/h1H/t1-,4+,5+/m0/s1. The molecule has 86 valence electrons. The second-order valence-electron chi connectivity index (χ2n) is 2.62. The van der Waals surface area contributed by atoms with Gasteiger partial charge in [-0.3, -0.25) is 4.79 Å². The molecular formula is C5HCl5OS4. The van der Waals surface area contributed by atoms with E-state index in [1.54, 1.807) is 0 Å². The van der Waals surface area contributed by atoms with Crippen molar-refractivity contribution in [3.63, 3.8) is 0 Å². The molecule has 0 N–H and O–H groups in total. The number of hydrogen-bond donors (Lipinski definition) is 0. The fourth-order valence-corrected chi connectivity index (χ4v) is 10.9. The van der Waals surface area contributed by atoms with E-state index in [9.17, 15) is 4.79 Å². The fraction of sp³-hybridized carbons (Fsp3) is 0.800. The van der Waals surface area contributed by atoms with Gasteiger partial charge in [-0.05, 0) is 23.5 Å². The van der Waals surface area contributed by atoms with Crippen molar-refractivity contribution in [2.45, 2.75) is 15.5 Å². The van der Waals surface area contributed by atoms with Gasteiger partial charge in [0, 0.05) is 0 Å². The van der Waals surface area contributed by atoms with Crippen LogP contribution in [0.5, 0.6) is 0 Å². The highest BCUT2D eigenvalue weighted by Crippen LogP contribution is 2.77. The molecule has 2 heterocycles. The predicted octanol–water partition coefficient (Wildman–Crippen LogP) is 5.55. The average Bonchev–Trinajstić information content (AvgIpc) is 2.18. The summed E-state index contributed by atoms with van der Waals surface area (Å²) in [4.78, 5) is 11.3. The molecule has 0 radical (unpaired) electrons. The molecule has 2 fully saturated rings. The Labute approximate surface area is 128 Å². The van der Waals surface area contributed by atoms with Crippen molar-refractivity contribution in [2.24, 2.45) is 0 Å². The minimum atomic E-state index is -1.26. The number of halogens is 5. The van der Waals surface area contributed by atoms with E-state index in [1.165, 1.54) is 0 Å². The van der Waals surface area contributed by atoms with E-state index < -0.39 is 15.5 Å². The molecular weight excluding hydrogens is 382 g/mol. The van der Waals surface area contributed by atoms with E-state index in [2.05, 4.69) is 0 Å². The molecule has 0 aromatic heterocycles. The van der Waals surface area contributed by atoms with Gasteiger partial charge in [0.05, 0.1) is 0 Å². The number of hydrogen-bond acceptors (Lipinski definition) is 5. The molecule has 2 aliphatic rings. The highest BCUT2D eigenvalue weighted by molar-refractivity contribution is 8.52. The van der Waals surface area contributed by atoms with Crippen LogP contribution < -0.4 is 0 Å². The maximum absolute atomic E-state index is 11.3. The van der Waals surface area contributed by atoms with E-state index >= 15 is 0 Å². The Hall–Kier alpha value is 2.52. The largest absolute Gasteiger partial charge is 0.274 e. The van der Waals surface area contributed by atoms with Crippen molar-refractivity contribution >= 4 is 109 Å². The zero-order valence-electron chi connectivity index (χ0n) is 6.51. The number of carbonyl (C=O) groups excluding carboxylic acids is 1. The molecule has 2 rings (SSSR count). The first-order chi connectivity index (χ1) is 6.69. The Morgan fingerprint density at radius 2 is 1.60 bits per heavy atom. The van der Waals surface area contributed by atoms with Crippen molar-refractivity contribution in [3.8, 4) is 0 Å². The van der Waals surface area contributed by atoms with Gasteiger partial charge in [-0.2, -0.15) is 0 Å². The second kappa shape index (κ2) is 4.27. The Kier molecular flexibility index (Phi) is 3.97. The quantitative estimate of drug-likeness (QED) is 0.510. The molecule has 0 aliphatic carbocycles. The van der Waals surface area contributed by atoms with Crippen LogP contribution in [0.2, 0.25) is 0 Å². The number of rotatable bonds is 0. The lowest BCUT2D eigenvalue weighted by molar-refractivity contribution is 0.277. The van der Waals surface area contributed by atoms with Crippen molar-refractivity contribution in [2.75, 3.05) is 0 Å². The number of alkyl halides is 5. The van der Waals surface area contributed by atoms with Crippen LogP contribution in [-0.2, 0) is 0 Å². The van der Waals surface area contributed by atoms with E-state index in [1.807, 2.05) is 0 Å². The molecule has 10 heteroatoms. The van der Waals surface area contributed by atoms with Crippen molar-refractivity contribution in [3.05, 3.63) is 0 Å². The molecule has 2 saturated heterocycles. The lowest BCUT2D eigenvalue weighted by atomic mass is 10.8. The van der Waals surface area contributed by atoms with Crippen LogP contribution in [0.4, 0.5) is 4.79 Å². The Balaban J connectivity index is 2.36. The summed E-state index contributed by atoms with van der Waals surface area (Å²) in [6.07, 6.45) is 0. The average molecular weight is 383 g/mol. The minimum Gasteiger partial charge on any atom is -0.274 e. The van der Waals surface area contributed by atoms with Gasteiger partial charge in [-0.25, -0.2) is 0 Å². The first-order valence-electron chi connectivity index (χ1n) is 3.38. The molecule has 0 spiro atoms. The summed E-state index contributed by atoms with van der Waals surface area (Å²) in [5, 5.41) is 0. The summed E-state index contributed by atoms with van der Waals surface area (Å²) in [7, 11) is 0. The highest BCUT2D eigenvalue weighted by Gasteiger charge is 2.68. The van der Waals surface area contributed by atoms with Gasteiger partial charge in [-0.1, -0.05) is 58.2 Å². The van der Waals surface area contributed by atoms with Gasteiger partial charge < -0.3 is 0 Å². The lowest BCUT2D eigenvalue weighted by Crippen LogP contribution is -2.43. The first-order valence-corrected chi connectivity index (χ1v) is 8.66. The Morgan fingerprint density at radius 3 is 2.20 bits per heavy atom. The van der Waals surface area contributed by atoms with E-state index in [-0.39, 0.29) is 4.45 Å². The maximum atomic E-state index is 11.3. The van der Waals surface area contributed by atoms with Crippen LogP contribution in [-0.4, -0.2) is 19.9 Å². The number of fused-ring (bicyclic) bond motifs is 1. The minimum absolute atomic E-state index is 0.157. The molecule has 0 unspecified atom stereocenters. The maximum Gasteiger partial charge on any atom is 0.251 e. The van der Waals surface area contributed by atoms with Crippen LogP contribution in [0.1, 0.15) is 0 Å². The molecule has 2 aliphatic heterocycles. The van der Waals surface area contributed by atoms with Crippen molar-refractivity contribution in [1.29, 1.82) is 0 Å². The van der Waals surface area contributed by atoms with Crippen LogP contribution in [0.25, 0.3) is 0 Å². The van der Waals surface area contributed by atoms with Crippen LogP contribution in [0, 0.1) is 0 Å². The van der Waals surface area contributed by atoms with Crippen LogP contribution in [0.3, 0.4) is 0 Å². The smallest absolute Gasteiger partial charge is 0.251 e. The highest BCUT2D eigenvalue weighted by atomic mass is 35.5. The van der Waals surface area contributed by atoms with E-state index in [0.717, 1.165) is 47.0 Å². The van der Waals surface area contributed by atoms with Crippen LogP contribution >= 0.6 is 105 Å². The summed E-state index contributed by atoms with van der Waals surface area (Å²) in [5.74, 6) is 0. The topological polar surface area (TPSA) is 17.1 Å². The third kappa shape index (κ3) is 2.35. The molecule has 0 saturated carbocycles. The van der Waals surface area contributed by atoms with Gasteiger partial charge >= 0.3 is 0 Å². The molecule has 1 nitrogen and oxygen atoms in total. The molecule has 0 amide bonds. The summed E-state index contributed by atoms with van der Waals surface area (Å²) in [6, 6.07) is 0. The van der Waals surface area contributed by atoms with Gasteiger partial charge in [0.2, 0.25) is 0 Å². The summed E-state index contributed by atoms with van der Waals surface area (Å²) in [6.45, 7) is 0.